The highest BCUT2D eigenvalue weighted by Crippen LogP contribution is 2.41. The van der Waals surface area contributed by atoms with Crippen LogP contribution < -0.4 is 10.1 Å². The Kier molecular flexibility index (Phi) is 2.28. The van der Waals surface area contributed by atoms with Crippen molar-refractivity contribution in [3.63, 3.8) is 0 Å². The molecule has 2 aliphatic rings. The minimum atomic E-state index is -0.281. The van der Waals surface area contributed by atoms with Crippen LogP contribution in [0, 0.1) is 5.92 Å². The van der Waals surface area contributed by atoms with E-state index in [0.717, 1.165) is 17.0 Å². The van der Waals surface area contributed by atoms with Crippen LogP contribution in [0.5, 0.6) is 5.75 Å². The van der Waals surface area contributed by atoms with E-state index in [-0.39, 0.29) is 12.1 Å². The van der Waals surface area contributed by atoms with Gasteiger partial charge >= 0.3 is 0 Å². The number of ether oxygens (including phenoxy) is 1. The number of anilines is 1. The van der Waals surface area contributed by atoms with Crippen molar-refractivity contribution in [1.82, 2.24) is 0 Å². The zero-order valence-corrected chi connectivity index (χ0v) is 9.44. The average molecular weight is 219 g/mol. The molecule has 2 unspecified atom stereocenters. The second-order valence-corrected chi connectivity index (χ2v) is 4.77. The van der Waals surface area contributed by atoms with Gasteiger partial charge in [-0.05, 0) is 30.9 Å². The molecule has 3 rings (SSSR count). The van der Waals surface area contributed by atoms with Gasteiger partial charge in [-0.15, -0.1) is 0 Å². The van der Waals surface area contributed by atoms with Gasteiger partial charge in [0.25, 0.3) is 0 Å². The summed E-state index contributed by atoms with van der Waals surface area (Å²) in [5, 5.41) is 13.6. The van der Waals surface area contributed by atoms with Crippen LogP contribution in [0.1, 0.15) is 18.4 Å². The number of aliphatic hydroxyl groups is 1. The average Bonchev–Trinajstić information content (AvgIpc) is 3.11. The molecule has 1 aromatic rings. The monoisotopic (exact) mass is 219 g/mol. The molecule has 0 saturated heterocycles. The first kappa shape index (κ1) is 9.97. The number of methoxy groups -OCH3 is 1. The van der Waals surface area contributed by atoms with Crippen LogP contribution >= 0.6 is 0 Å². The van der Waals surface area contributed by atoms with Crippen molar-refractivity contribution >= 4 is 5.69 Å². The number of nitrogens with one attached hydrogen (secondary N) is 1. The van der Waals surface area contributed by atoms with Gasteiger partial charge in [0.1, 0.15) is 5.75 Å². The maximum atomic E-state index is 10.1. The Bertz CT molecular complexity index is 401. The molecule has 0 radical (unpaired) electrons. The summed E-state index contributed by atoms with van der Waals surface area (Å²) in [4.78, 5) is 0. The molecule has 1 aliphatic carbocycles. The maximum absolute atomic E-state index is 10.1. The summed E-state index contributed by atoms with van der Waals surface area (Å²) >= 11 is 0. The number of rotatable bonds is 2. The van der Waals surface area contributed by atoms with Gasteiger partial charge < -0.3 is 15.2 Å². The molecule has 0 bridgehead atoms. The van der Waals surface area contributed by atoms with Crippen LogP contribution in [0.2, 0.25) is 0 Å². The Hall–Kier alpha value is -1.22. The normalized spacial score (nSPS) is 28.1. The molecule has 2 N–H and O–H groups in total. The van der Waals surface area contributed by atoms with Gasteiger partial charge in [0, 0.05) is 17.7 Å². The molecule has 86 valence electrons. The molecule has 1 aliphatic heterocycles. The molecular formula is C13H17NO2. The van der Waals surface area contributed by atoms with Crippen molar-refractivity contribution in [3.8, 4) is 5.75 Å². The van der Waals surface area contributed by atoms with Crippen molar-refractivity contribution in [2.24, 2.45) is 5.92 Å². The Morgan fingerprint density at radius 3 is 2.88 bits per heavy atom. The molecule has 0 spiro atoms. The van der Waals surface area contributed by atoms with Gasteiger partial charge in [-0.1, -0.05) is 6.07 Å². The lowest BCUT2D eigenvalue weighted by Gasteiger charge is -2.32. The lowest BCUT2D eigenvalue weighted by atomic mass is 9.92. The number of aliphatic hydroxyl groups excluding tert-OH is 1. The SMILES string of the molecule is COc1cccc2c1CC(O)C(C1CC1)N2. The molecule has 0 aromatic heterocycles. The quantitative estimate of drug-likeness (QED) is 0.797. The smallest absolute Gasteiger partial charge is 0.124 e. The molecule has 1 aromatic carbocycles. The third-order valence-corrected chi connectivity index (χ3v) is 3.63. The number of fused-ring (bicyclic) bond motifs is 1. The van der Waals surface area contributed by atoms with E-state index in [1.165, 1.54) is 12.8 Å². The first-order valence-corrected chi connectivity index (χ1v) is 5.90. The van der Waals surface area contributed by atoms with Crippen LogP contribution in [0.25, 0.3) is 0 Å². The first-order valence-electron chi connectivity index (χ1n) is 5.90. The zero-order chi connectivity index (χ0) is 11.1. The zero-order valence-electron chi connectivity index (χ0n) is 9.44. The Morgan fingerprint density at radius 2 is 2.19 bits per heavy atom. The topological polar surface area (TPSA) is 41.5 Å². The summed E-state index contributed by atoms with van der Waals surface area (Å²) in [6.45, 7) is 0. The van der Waals surface area contributed by atoms with E-state index in [1.54, 1.807) is 7.11 Å². The largest absolute Gasteiger partial charge is 0.496 e. The molecule has 1 fully saturated rings. The fourth-order valence-corrected chi connectivity index (χ4v) is 2.60. The van der Waals surface area contributed by atoms with Crippen LogP contribution in [0.15, 0.2) is 18.2 Å². The minimum absolute atomic E-state index is 0.236. The molecule has 0 amide bonds. The highest BCUT2D eigenvalue weighted by atomic mass is 16.5. The van der Waals surface area contributed by atoms with E-state index in [0.29, 0.717) is 12.3 Å². The summed E-state index contributed by atoms with van der Waals surface area (Å²) in [6.07, 6.45) is 2.91. The summed E-state index contributed by atoms with van der Waals surface area (Å²) < 4.78 is 5.32. The lowest BCUT2D eigenvalue weighted by molar-refractivity contribution is 0.138. The van der Waals surface area contributed by atoms with Gasteiger partial charge in [0.05, 0.1) is 19.3 Å². The van der Waals surface area contributed by atoms with Gasteiger partial charge in [0.2, 0.25) is 0 Å². The van der Waals surface area contributed by atoms with Crippen molar-refractivity contribution in [1.29, 1.82) is 0 Å². The second kappa shape index (κ2) is 3.67. The van der Waals surface area contributed by atoms with Gasteiger partial charge in [-0.2, -0.15) is 0 Å². The highest BCUT2D eigenvalue weighted by Gasteiger charge is 2.39. The van der Waals surface area contributed by atoms with Crippen LogP contribution in [0.4, 0.5) is 5.69 Å². The molecule has 2 atom stereocenters. The van der Waals surface area contributed by atoms with Crippen LogP contribution in [0.3, 0.4) is 0 Å². The van der Waals surface area contributed by atoms with Crippen LogP contribution in [-0.2, 0) is 6.42 Å². The van der Waals surface area contributed by atoms with E-state index < -0.39 is 0 Å². The predicted molar refractivity (Wildman–Crippen MR) is 62.8 cm³/mol. The second-order valence-electron chi connectivity index (χ2n) is 4.77. The Labute approximate surface area is 95.4 Å². The maximum Gasteiger partial charge on any atom is 0.124 e. The van der Waals surface area contributed by atoms with E-state index in [1.807, 2.05) is 12.1 Å². The van der Waals surface area contributed by atoms with Crippen molar-refractivity contribution in [2.45, 2.75) is 31.4 Å². The Morgan fingerprint density at radius 1 is 1.38 bits per heavy atom. The molecule has 16 heavy (non-hydrogen) atoms. The lowest BCUT2D eigenvalue weighted by Crippen LogP contribution is -2.40. The van der Waals surface area contributed by atoms with Gasteiger partial charge in [-0.3, -0.25) is 0 Å². The molecule has 1 saturated carbocycles. The number of hydrogen-bond acceptors (Lipinski definition) is 3. The van der Waals surface area contributed by atoms with Gasteiger partial charge in [0.15, 0.2) is 0 Å². The third-order valence-electron chi connectivity index (χ3n) is 3.63. The molecular weight excluding hydrogens is 202 g/mol. The highest BCUT2D eigenvalue weighted by molar-refractivity contribution is 5.60. The fourth-order valence-electron chi connectivity index (χ4n) is 2.60. The fraction of sp³-hybridized carbons (Fsp3) is 0.538. The molecule has 1 heterocycles. The molecule has 3 heteroatoms. The number of hydrogen-bond donors (Lipinski definition) is 2. The van der Waals surface area contributed by atoms with Crippen LogP contribution in [-0.4, -0.2) is 24.4 Å². The van der Waals surface area contributed by atoms with Crippen molar-refractivity contribution in [2.75, 3.05) is 12.4 Å². The third kappa shape index (κ3) is 1.55. The minimum Gasteiger partial charge on any atom is -0.496 e. The summed E-state index contributed by atoms with van der Waals surface area (Å²) in [5.74, 6) is 1.53. The summed E-state index contributed by atoms with van der Waals surface area (Å²) in [6, 6.07) is 6.25. The summed E-state index contributed by atoms with van der Waals surface area (Å²) in [5.41, 5.74) is 2.23. The van der Waals surface area contributed by atoms with Crippen molar-refractivity contribution in [3.05, 3.63) is 23.8 Å². The van der Waals surface area contributed by atoms with Gasteiger partial charge in [-0.25, -0.2) is 0 Å². The van der Waals surface area contributed by atoms with E-state index in [9.17, 15) is 5.11 Å². The first-order chi connectivity index (χ1) is 7.79. The predicted octanol–water partition coefficient (Wildman–Crippen LogP) is 1.80. The Balaban J connectivity index is 1.93. The van der Waals surface area contributed by atoms with E-state index in [2.05, 4.69) is 11.4 Å². The summed E-state index contributed by atoms with van der Waals surface area (Å²) in [7, 11) is 1.68. The standard InChI is InChI=1S/C13H17NO2/c1-16-12-4-2-3-10-9(12)7-11(15)13(14-10)8-5-6-8/h2-4,8,11,13-15H,5-7H2,1H3. The number of benzene rings is 1. The van der Waals surface area contributed by atoms with E-state index >= 15 is 0 Å². The molecule has 3 nitrogen and oxygen atoms in total. The van der Waals surface area contributed by atoms with E-state index in [4.69, 9.17) is 4.74 Å². The van der Waals surface area contributed by atoms with Crippen molar-refractivity contribution < 1.29 is 9.84 Å².